The number of halogens is 2. The van der Waals surface area contributed by atoms with Crippen molar-refractivity contribution in [1.82, 2.24) is 9.55 Å². The van der Waals surface area contributed by atoms with Gasteiger partial charge in [0.2, 0.25) is 5.91 Å². The van der Waals surface area contributed by atoms with Gasteiger partial charge in [-0.05, 0) is 24.6 Å². The standard InChI is InChI=1S/C20H19F2N3O2S/c1-13-2-4-14(5-3-13)9-25-10-16(11-26)23-20(25)28-12-19(27)24-18-7-6-15(21)8-17(18)22/h2-8,10,26H,9,11-12H2,1H3,(H,24,27). The number of nitrogens with one attached hydrogen (secondary N) is 1. The van der Waals surface area contributed by atoms with Gasteiger partial charge in [-0.2, -0.15) is 0 Å². The zero-order valence-corrected chi connectivity index (χ0v) is 16.0. The Labute approximate surface area is 165 Å². The van der Waals surface area contributed by atoms with E-state index < -0.39 is 17.5 Å². The van der Waals surface area contributed by atoms with Gasteiger partial charge >= 0.3 is 0 Å². The number of amides is 1. The topological polar surface area (TPSA) is 67.1 Å². The highest BCUT2D eigenvalue weighted by molar-refractivity contribution is 7.99. The molecule has 0 bridgehead atoms. The lowest BCUT2D eigenvalue weighted by Gasteiger charge is -2.09. The largest absolute Gasteiger partial charge is 0.390 e. The lowest BCUT2D eigenvalue weighted by Crippen LogP contribution is -2.15. The van der Waals surface area contributed by atoms with Crippen LogP contribution >= 0.6 is 11.8 Å². The van der Waals surface area contributed by atoms with Crippen LogP contribution in [0, 0.1) is 18.6 Å². The summed E-state index contributed by atoms with van der Waals surface area (Å²) in [7, 11) is 0. The summed E-state index contributed by atoms with van der Waals surface area (Å²) in [6.07, 6.45) is 1.74. The second-order valence-corrected chi connectivity index (χ2v) is 7.19. The predicted octanol–water partition coefficient (Wildman–Crippen LogP) is 3.74. The van der Waals surface area contributed by atoms with Crippen LogP contribution in [0.4, 0.5) is 14.5 Å². The van der Waals surface area contributed by atoms with E-state index in [1.807, 2.05) is 35.8 Å². The van der Waals surface area contributed by atoms with Crippen LogP contribution in [0.2, 0.25) is 0 Å². The molecule has 1 heterocycles. The molecule has 8 heteroatoms. The van der Waals surface area contributed by atoms with E-state index in [0.29, 0.717) is 23.5 Å². The summed E-state index contributed by atoms with van der Waals surface area (Å²) in [5.74, 6) is -1.99. The summed E-state index contributed by atoms with van der Waals surface area (Å²) in [6.45, 7) is 2.35. The molecule has 3 rings (SSSR count). The molecule has 28 heavy (non-hydrogen) atoms. The van der Waals surface area contributed by atoms with Crippen molar-refractivity contribution in [2.45, 2.75) is 25.2 Å². The summed E-state index contributed by atoms with van der Waals surface area (Å²) < 4.78 is 28.5. The van der Waals surface area contributed by atoms with Crippen LogP contribution in [-0.4, -0.2) is 26.3 Å². The van der Waals surface area contributed by atoms with Crippen LogP contribution < -0.4 is 5.32 Å². The maximum Gasteiger partial charge on any atom is 0.234 e. The van der Waals surface area contributed by atoms with Gasteiger partial charge in [0.25, 0.3) is 0 Å². The van der Waals surface area contributed by atoms with E-state index in [-0.39, 0.29) is 18.0 Å². The van der Waals surface area contributed by atoms with E-state index >= 15 is 0 Å². The monoisotopic (exact) mass is 403 g/mol. The predicted molar refractivity (Wildman–Crippen MR) is 104 cm³/mol. The van der Waals surface area contributed by atoms with Gasteiger partial charge < -0.3 is 15.0 Å². The summed E-state index contributed by atoms with van der Waals surface area (Å²) in [6, 6.07) is 11.0. The molecule has 1 aromatic heterocycles. The van der Waals surface area contributed by atoms with E-state index in [1.54, 1.807) is 6.20 Å². The summed E-state index contributed by atoms with van der Waals surface area (Å²) in [5.41, 5.74) is 2.64. The van der Waals surface area contributed by atoms with E-state index in [2.05, 4.69) is 10.3 Å². The van der Waals surface area contributed by atoms with Crippen LogP contribution in [-0.2, 0) is 17.9 Å². The second kappa shape index (κ2) is 8.99. The van der Waals surface area contributed by atoms with E-state index in [1.165, 1.54) is 17.8 Å². The maximum absolute atomic E-state index is 13.7. The van der Waals surface area contributed by atoms with Crippen LogP contribution in [0.1, 0.15) is 16.8 Å². The van der Waals surface area contributed by atoms with Crippen LogP contribution in [0.3, 0.4) is 0 Å². The average Bonchev–Trinajstić information content (AvgIpc) is 3.06. The minimum atomic E-state index is -0.832. The molecule has 0 unspecified atom stereocenters. The van der Waals surface area contributed by atoms with E-state index in [9.17, 15) is 18.7 Å². The van der Waals surface area contributed by atoms with Crippen molar-refractivity contribution in [2.75, 3.05) is 11.1 Å². The van der Waals surface area contributed by atoms with Crippen LogP contribution in [0.15, 0.2) is 53.8 Å². The Morgan fingerprint density at radius 3 is 2.64 bits per heavy atom. The summed E-state index contributed by atoms with van der Waals surface area (Å²) in [5, 5.41) is 12.4. The number of carbonyl (C=O) groups is 1. The minimum Gasteiger partial charge on any atom is -0.390 e. The number of benzene rings is 2. The van der Waals surface area contributed by atoms with Crippen molar-refractivity contribution in [3.05, 3.63) is 77.1 Å². The third-order valence-corrected chi connectivity index (χ3v) is 4.95. The molecule has 5 nitrogen and oxygen atoms in total. The zero-order chi connectivity index (χ0) is 20.1. The zero-order valence-electron chi connectivity index (χ0n) is 15.2. The first-order chi connectivity index (χ1) is 13.4. The molecular formula is C20H19F2N3O2S. The van der Waals surface area contributed by atoms with Gasteiger partial charge in [0.05, 0.1) is 23.7 Å². The maximum atomic E-state index is 13.7. The molecule has 3 aromatic rings. The normalized spacial score (nSPS) is 10.9. The Bertz CT molecular complexity index is 974. The molecule has 0 fully saturated rings. The number of hydrogen-bond donors (Lipinski definition) is 2. The Morgan fingerprint density at radius 1 is 1.21 bits per heavy atom. The first kappa shape index (κ1) is 20.0. The molecule has 0 saturated carbocycles. The Morgan fingerprint density at radius 2 is 1.96 bits per heavy atom. The third-order valence-electron chi connectivity index (χ3n) is 3.96. The first-order valence-electron chi connectivity index (χ1n) is 8.55. The smallest absolute Gasteiger partial charge is 0.234 e. The van der Waals surface area contributed by atoms with Crippen molar-refractivity contribution in [3.63, 3.8) is 0 Å². The molecular weight excluding hydrogens is 384 g/mol. The van der Waals surface area contributed by atoms with Gasteiger partial charge in [-0.25, -0.2) is 13.8 Å². The van der Waals surface area contributed by atoms with Gasteiger partial charge in [0.1, 0.15) is 11.6 Å². The number of thioether (sulfide) groups is 1. The fourth-order valence-electron chi connectivity index (χ4n) is 2.55. The number of aliphatic hydroxyl groups excluding tert-OH is 1. The number of aliphatic hydroxyl groups is 1. The number of rotatable bonds is 7. The Kier molecular flexibility index (Phi) is 6.43. The molecule has 0 radical (unpaired) electrons. The highest BCUT2D eigenvalue weighted by atomic mass is 32.2. The number of aryl methyl sites for hydroxylation is 1. The van der Waals surface area contributed by atoms with Crippen molar-refractivity contribution in [1.29, 1.82) is 0 Å². The molecule has 0 aliphatic heterocycles. The molecule has 0 saturated heterocycles. The fraction of sp³-hybridized carbons (Fsp3) is 0.200. The van der Waals surface area contributed by atoms with Crippen molar-refractivity contribution in [3.8, 4) is 0 Å². The quantitative estimate of drug-likeness (QED) is 0.590. The summed E-state index contributed by atoms with van der Waals surface area (Å²) >= 11 is 1.17. The van der Waals surface area contributed by atoms with Gasteiger partial charge in [-0.3, -0.25) is 4.79 Å². The van der Waals surface area contributed by atoms with E-state index in [0.717, 1.165) is 17.2 Å². The lowest BCUT2D eigenvalue weighted by atomic mass is 10.1. The average molecular weight is 403 g/mol. The van der Waals surface area contributed by atoms with Crippen molar-refractivity contribution < 1.29 is 18.7 Å². The summed E-state index contributed by atoms with van der Waals surface area (Å²) in [4.78, 5) is 16.5. The van der Waals surface area contributed by atoms with Gasteiger partial charge in [0.15, 0.2) is 5.16 Å². The third kappa shape index (κ3) is 5.17. The Balaban J connectivity index is 1.66. The number of hydrogen-bond acceptors (Lipinski definition) is 4. The van der Waals surface area contributed by atoms with E-state index in [4.69, 9.17) is 0 Å². The molecule has 0 aliphatic carbocycles. The molecule has 146 valence electrons. The second-order valence-electron chi connectivity index (χ2n) is 6.25. The van der Waals surface area contributed by atoms with Gasteiger partial charge in [0, 0.05) is 18.8 Å². The minimum absolute atomic E-state index is 0.00735. The van der Waals surface area contributed by atoms with Crippen molar-refractivity contribution in [2.24, 2.45) is 0 Å². The number of nitrogens with zero attached hydrogens (tertiary/aromatic N) is 2. The SMILES string of the molecule is Cc1ccc(Cn2cc(CO)nc2SCC(=O)Nc2ccc(F)cc2F)cc1. The first-order valence-corrected chi connectivity index (χ1v) is 9.53. The van der Waals surface area contributed by atoms with Gasteiger partial charge in [-0.15, -0.1) is 0 Å². The fourth-order valence-corrected chi connectivity index (χ4v) is 3.35. The highest BCUT2D eigenvalue weighted by Gasteiger charge is 2.13. The molecule has 2 N–H and O–H groups in total. The lowest BCUT2D eigenvalue weighted by molar-refractivity contribution is -0.113. The molecule has 0 spiro atoms. The molecule has 0 aliphatic rings. The number of imidazole rings is 1. The van der Waals surface area contributed by atoms with Crippen molar-refractivity contribution >= 4 is 23.4 Å². The highest BCUT2D eigenvalue weighted by Crippen LogP contribution is 2.21. The number of anilines is 1. The van der Waals surface area contributed by atoms with Crippen LogP contribution in [0.25, 0.3) is 0 Å². The molecule has 1 amide bonds. The van der Waals surface area contributed by atoms with Crippen LogP contribution in [0.5, 0.6) is 0 Å². The molecule has 2 aromatic carbocycles. The molecule has 0 atom stereocenters. The van der Waals surface area contributed by atoms with Gasteiger partial charge in [-0.1, -0.05) is 41.6 Å². The number of carbonyl (C=O) groups excluding carboxylic acids is 1. The number of aromatic nitrogens is 2. The Hall–Kier alpha value is -2.71.